The van der Waals surface area contributed by atoms with Gasteiger partial charge in [0.25, 0.3) is 5.91 Å². The van der Waals surface area contributed by atoms with E-state index in [1.807, 2.05) is 30.3 Å². The number of hydrogen-bond acceptors (Lipinski definition) is 4. The number of nitriles is 1. The maximum absolute atomic E-state index is 12.0. The second-order valence-electron chi connectivity index (χ2n) is 4.65. The molecule has 0 aliphatic rings. The molecule has 0 radical (unpaired) electrons. The fraction of sp³-hybridized carbons (Fsp3) is 0.0588. The average molecular weight is 372 g/mol. The Morgan fingerprint density at radius 2 is 1.91 bits per heavy atom. The molecule has 0 heterocycles. The number of rotatable bonds is 5. The number of nitrogens with one attached hydrogen (secondary N) is 2. The van der Waals surface area contributed by atoms with Crippen molar-refractivity contribution in [1.29, 1.82) is 5.26 Å². The predicted molar refractivity (Wildman–Crippen MR) is 91.4 cm³/mol. The van der Waals surface area contributed by atoms with Gasteiger partial charge in [-0.25, -0.2) is 0 Å². The van der Waals surface area contributed by atoms with E-state index in [9.17, 15) is 9.90 Å². The second-order valence-corrected chi connectivity index (χ2v) is 5.56. The number of aromatic hydroxyl groups is 1. The van der Waals surface area contributed by atoms with Gasteiger partial charge in [-0.3, -0.25) is 4.79 Å². The number of phenolic OH excluding ortho intramolecular Hbond substituents is 1. The molecule has 0 fully saturated rings. The van der Waals surface area contributed by atoms with Gasteiger partial charge >= 0.3 is 0 Å². The Morgan fingerprint density at radius 1 is 1.22 bits per heavy atom. The summed E-state index contributed by atoms with van der Waals surface area (Å²) in [7, 11) is 0. The van der Waals surface area contributed by atoms with Crippen molar-refractivity contribution < 1.29 is 9.90 Å². The Bertz CT molecular complexity index is 764. The molecule has 0 spiro atoms. The molecule has 0 aliphatic carbocycles. The second kappa shape index (κ2) is 8.01. The van der Waals surface area contributed by atoms with Crippen molar-refractivity contribution in [3.05, 3.63) is 70.3 Å². The number of anilines is 1. The van der Waals surface area contributed by atoms with Gasteiger partial charge in [-0.2, -0.15) is 5.26 Å². The van der Waals surface area contributed by atoms with E-state index in [1.54, 1.807) is 18.2 Å². The lowest BCUT2D eigenvalue weighted by atomic mass is 10.2. The first-order valence-electron chi connectivity index (χ1n) is 6.77. The third-order valence-electron chi connectivity index (χ3n) is 2.98. The molecule has 0 saturated carbocycles. The number of carbonyl (C=O) groups excluding carboxylic acids is 1. The molecule has 0 unspecified atom stereocenters. The molecule has 23 heavy (non-hydrogen) atoms. The van der Waals surface area contributed by atoms with Gasteiger partial charge in [-0.05, 0) is 29.8 Å². The molecular formula is C17H14BrN3O2. The summed E-state index contributed by atoms with van der Waals surface area (Å²) in [5.41, 5.74) is 1.19. The van der Waals surface area contributed by atoms with Gasteiger partial charge in [0.05, 0.1) is 5.69 Å². The monoisotopic (exact) mass is 371 g/mol. The van der Waals surface area contributed by atoms with Gasteiger partial charge < -0.3 is 15.7 Å². The third kappa shape index (κ3) is 4.87. The van der Waals surface area contributed by atoms with Crippen LogP contribution in [0.25, 0.3) is 0 Å². The van der Waals surface area contributed by atoms with Crippen molar-refractivity contribution in [2.24, 2.45) is 0 Å². The van der Waals surface area contributed by atoms with E-state index in [4.69, 9.17) is 5.26 Å². The van der Waals surface area contributed by atoms with Gasteiger partial charge in [-0.1, -0.05) is 40.2 Å². The topological polar surface area (TPSA) is 85.2 Å². The number of halogens is 1. The fourth-order valence-corrected chi connectivity index (χ4v) is 2.06. The van der Waals surface area contributed by atoms with Crippen molar-refractivity contribution in [3.63, 3.8) is 0 Å². The van der Waals surface area contributed by atoms with Crippen LogP contribution in [0.3, 0.4) is 0 Å². The highest BCUT2D eigenvalue weighted by Crippen LogP contribution is 2.21. The lowest BCUT2D eigenvalue weighted by Gasteiger charge is -2.07. The Labute approximate surface area is 142 Å². The highest BCUT2D eigenvalue weighted by Gasteiger charge is 2.11. The Hall–Kier alpha value is -2.78. The molecule has 2 rings (SSSR count). The van der Waals surface area contributed by atoms with E-state index in [1.165, 1.54) is 12.3 Å². The zero-order valence-electron chi connectivity index (χ0n) is 12.1. The van der Waals surface area contributed by atoms with Gasteiger partial charge in [0.1, 0.15) is 17.4 Å². The van der Waals surface area contributed by atoms with Gasteiger partial charge in [0.15, 0.2) is 0 Å². The first-order valence-corrected chi connectivity index (χ1v) is 7.57. The quantitative estimate of drug-likeness (QED) is 0.427. The molecular weight excluding hydrogens is 358 g/mol. The molecule has 6 heteroatoms. The van der Waals surface area contributed by atoms with E-state index >= 15 is 0 Å². The molecule has 0 saturated heterocycles. The minimum Gasteiger partial charge on any atom is -0.506 e. The van der Waals surface area contributed by atoms with E-state index in [-0.39, 0.29) is 17.0 Å². The van der Waals surface area contributed by atoms with E-state index in [0.29, 0.717) is 6.54 Å². The normalized spacial score (nSPS) is 10.7. The molecule has 1 amide bonds. The Balaban J connectivity index is 1.98. The molecule has 0 aliphatic heterocycles. The summed E-state index contributed by atoms with van der Waals surface area (Å²) in [5, 5.41) is 24.1. The van der Waals surface area contributed by atoms with Crippen LogP contribution < -0.4 is 10.6 Å². The molecule has 0 atom stereocenters. The summed E-state index contributed by atoms with van der Waals surface area (Å²) in [5.74, 6) is -0.640. The average Bonchev–Trinajstić information content (AvgIpc) is 2.55. The van der Waals surface area contributed by atoms with Crippen LogP contribution in [0, 0.1) is 11.3 Å². The van der Waals surface area contributed by atoms with Crippen LogP contribution in [0.2, 0.25) is 0 Å². The lowest BCUT2D eigenvalue weighted by Crippen LogP contribution is -2.16. The van der Waals surface area contributed by atoms with Crippen molar-refractivity contribution >= 4 is 27.5 Å². The number of benzene rings is 2. The van der Waals surface area contributed by atoms with Gasteiger partial charge in [0.2, 0.25) is 0 Å². The molecule has 0 bridgehead atoms. The molecule has 116 valence electrons. The maximum atomic E-state index is 12.0. The van der Waals surface area contributed by atoms with Crippen LogP contribution in [0.4, 0.5) is 5.69 Å². The molecule has 2 aromatic carbocycles. The summed E-state index contributed by atoms with van der Waals surface area (Å²) in [6, 6.07) is 15.9. The van der Waals surface area contributed by atoms with Crippen LogP contribution in [-0.2, 0) is 11.3 Å². The zero-order valence-corrected chi connectivity index (χ0v) is 13.7. The Kier molecular flexibility index (Phi) is 5.78. The summed E-state index contributed by atoms with van der Waals surface area (Å²) in [6.07, 6.45) is 1.36. The smallest absolute Gasteiger partial charge is 0.267 e. The van der Waals surface area contributed by atoms with Crippen LogP contribution in [0.15, 0.2) is 64.8 Å². The van der Waals surface area contributed by atoms with Gasteiger partial charge in [-0.15, -0.1) is 0 Å². The number of amides is 1. The maximum Gasteiger partial charge on any atom is 0.267 e. The van der Waals surface area contributed by atoms with Crippen molar-refractivity contribution in [1.82, 2.24) is 5.32 Å². The number of carbonyl (C=O) groups is 1. The zero-order chi connectivity index (χ0) is 16.7. The highest BCUT2D eigenvalue weighted by atomic mass is 79.9. The van der Waals surface area contributed by atoms with Crippen molar-refractivity contribution in [3.8, 4) is 11.8 Å². The van der Waals surface area contributed by atoms with Crippen LogP contribution in [-0.4, -0.2) is 11.0 Å². The molecule has 2 aromatic rings. The molecule has 5 nitrogen and oxygen atoms in total. The highest BCUT2D eigenvalue weighted by molar-refractivity contribution is 9.10. The third-order valence-corrected chi connectivity index (χ3v) is 3.51. The summed E-state index contributed by atoms with van der Waals surface area (Å²) in [4.78, 5) is 12.0. The first-order chi connectivity index (χ1) is 11.1. The first kappa shape index (κ1) is 16.6. The predicted octanol–water partition coefficient (Wildman–Crippen LogP) is 3.29. The lowest BCUT2D eigenvalue weighted by molar-refractivity contribution is -0.112. The van der Waals surface area contributed by atoms with Crippen molar-refractivity contribution in [2.75, 3.05) is 5.32 Å². The summed E-state index contributed by atoms with van der Waals surface area (Å²) < 4.78 is 0.983. The van der Waals surface area contributed by atoms with E-state index in [2.05, 4.69) is 26.6 Å². The SMILES string of the molecule is N#C/C(=C/NCc1ccc(Br)cc1)C(=O)Nc1ccccc1O. The van der Waals surface area contributed by atoms with Crippen LogP contribution in [0.1, 0.15) is 5.56 Å². The molecule has 3 N–H and O–H groups in total. The van der Waals surface area contributed by atoms with Crippen LogP contribution in [0.5, 0.6) is 5.75 Å². The van der Waals surface area contributed by atoms with E-state index < -0.39 is 5.91 Å². The number of hydrogen-bond donors (Lipinski definition) is 3. The standard InChI is InChI=1S/C17H14BrN3O2/c18-14-7-5-12(6-8-14)10-20-11-13(9-19)17(23)21-15-3-1-2-4-16(15)22/h1-8,11,20,22H,10H2,(H,21,23)/b13-11-. The fourth-order valence-electron chi connectivity index (χ4n) is 1.79. The summed E-state index contributed by atoms with van der Waals surface area (Å²) in [6.45, 7) is 0.488. The number of para-hydroxylation sites is 2. The van der Waals surface area contributed by atoms with Gasteiger partial charge in [0, 0.05) is 17.2 Å². The molecule has 0 aromatic heterocycles. The summed E-state index contributed by atoms with van der Waals surface area (Å²) >= 11 is 3.36. The van der Waals surface area contributed by atoms with Crippen molar-refractivity contribution in [2.45, 2.75) is 6.54 Å². The largest absolute Gasteiger partial charge is 0.506 e. The number of phenols is 1. The minimum atomic E-state index is -0.586. The van der Waals surface area contributed by atoms with E-state index in [0.717, 1.165) is 10.0 Å². The minimum absolute atomic E-state index is 0.0547. The number of nitrogens with zero attached hydrogens (tertiary/aromatic N) is 1. The van der Waals surface area contributed by atoms with Crippen LogP contribution >= 0.6 is 15.9 Å². The Morgan fingerprint density at radius 3 is 2.57 bits per heavy atom.